The summed E-state index contributed by atoms with van der Waals surface area (Å²) in [5.41, 5.74) is 3.13. The summed E-state index contributed by atoms with van der Waals surface area (Å²) in [6, 6.07) is 4.63. The van der Waals surface area contributed by atoms with Crippen LogP contribution in [-0.2, 0) is 4.74 Å². The number of carbonyl (C=O) groups is 1. The Kier molecular flexibility index (Phi) is 6.90. The van der Waals surface area contributed by atoms with Gasteiger partial charge in [0.25, 0.3) is 12.3 Å². The molecule has 0 aromatic carbocycles. The van der Waals surface area contributed by atoms with Gasteiger partial charge in [0.05, 0.1) is 31.3 Å². The number of alkyl halides is 2. The number of rotatable bonds is 7. The molecule has 0 atom stereocenters. The molecule has 1 saturated carbocycles. The monoisotopic (exact) mass is 524 g/mol. The minimum Gasteiger partial charge on any atom is -0.379 e. The third kappa shape index (κ3) is 4.93. The van der Waals surface area contributed by atoms with Gasteiger partial charge in [-0.05, 0) is 37.8 Å². The standard InChI is InChI=1S/C26H30F2N8O2/c27-21(28)13-31-26(37)20-12-29-22-6-1-16(14-36(20)22)19-11-30-24-23(19)25(33-15-32-24)34-17-2-4-18(5-3-17)35-7-9-38-10-8-35/h1,6,11-12,14-15,17-18,21H,2-5,7-10,13H2,(H,31,37)(H2,30,32,33,34)/t17-,18-. The van der Waals surface area contributed by atoms with Gasteiger partial charge in [-0.15, -0.1) is 0 Å². The van der Waals surface area contributed by atoms with Crippen LogP contribution in [0.4, 0.5) is 14.6 Å². The van der Waals surface area contributed by atoms with Gasteiger partial charge in [-0.3, -0.25) is 14.1 Å². The van der Waals surface area contributed by atoms with Crippen LogP contribution in [0.25, 0.3) is 27.8 Å². The van der Waals surface area contributed by atoms with E-state index in [1.54, 1.807) is 23.0 Å². The Hall–Kier alpha value is -3.64. The van der Waals surface area contributed by atoms with Crippen LogP contribution in [0.1, 0.15) is 36.2 Å². The van der Waals surface area contributed by atoms with Crippen LogP contribution < -0.4 is 10.6 Å². The number of H-pyrrole nitrogens is 1. The number of ether oxygens (including phenoxy) is 1. The molecule has 2 fully saturated rings. The van der Waals surface area contributed by atoms with E-state index in [1.165, 1.54) is 6.20 Å². The normalized spacial score (nSPS) is 20.8. The zero-order chi connectivity index (χ0) is 26.1. The molecular formula is C26H30F2N8O2. The predicted molar refractivity (Wildman–Crippen MR) is 138 cm³/mol. The molecule has 4 aromatic heterocycles. The molecule has 1 amide bonds. The molecule has 0 radical (unpaired) electrons. The molecule has 6 rings (SSSR count). The van der Waals surface area contributed by atoms with E-state index < -0.39 is 18.9 Å². The molecule has 0 unspecified atom stereocenters. The lowest BCUT2D eigenvalue weighted by molar-refractivity contribution is 0.00791. The highest BCUT2D eigenvalue weighted by molar-refractivity contribution is 6.01. The minimum atomic E-state index is -2.62. The fraction of sp³-hybridized carbons (Fsp3) is 0.462. The number of pyridine rings is 1. The Morgan fingerprint density at radius 1 is 1.13 bits per heavy atom. The summed E-state index contributed by atoms with van der Waals surface area (Å²) in [6.45, 7) is 2.95. The van der Waals surface area contributed by atoms with Crippen molar-refractivity contribution in [1.29, 1.82) is 0 Å². The number of fused-ring (bicyclic) bond motifs is 2. The summed E-state index contributed by atoms with van der Waals surface area (Å²) in [4.78, 5) is 31.5. The summed E-state index contributed by atoms with van der Waals surface area (Å²) in [5, 5.41) is 6.77. The van der Waals surface area contributed by atoms with E-state index in [4.69, 9.17) is 4.74 Å². The number of imidazole rings is 1. The van der Waals surface area contributed by atoms with Crippen LogP contribution in [0.3, 0.4) is 0 Å². The van der Waals surface area contributed by atoms with Crippen LogP contribution in [0.15, 0.2) is 37.1 Å². The van der Waals surface area contributed by atoms with Crippen LogP contribution in [0.5, 0.6) is 0 Å². The molecule has 10 nitrogen and oxygen atoms in total. The molecule has 0 spiro atoms. The first kappa shape index (κ1) is 24.7. The molecule has 3 N–H and O–H groups in total. The summed E-state index contributed by atoms with van der Waals surface area (Å²) >= 11 is 0. The Morgan fingerprint density at radius 3 is 2.74 bits per heavy atom. The minimum absolute atomic E-state index is 0.189. The first-order chi connectivity index (χ1) is 18.6. The van der Waals surface area contributed by atoms with Gasteiger partial charge in [-0.1, -0.05) is 0 Å². The average molecular weight is 525 g/mol. The van der Waals surface area contributed by atoms with Crippen molar-refractivity contribution in [2.75, 3.05) is 38.2 Å². The molecule has 5 heterocycles. The van der Waals surface area contributed by atoms with Gasteiger partial charge in [-0.25, -0.2) is 23.7 Å². The zero-order valence-corrected chi connectivity index (χ0v) is 20.9. The third-order valence-electron chi connectivity index (χ3n) is 7.54. The molecule has 38 heavy (non-hydrogen) atoms. The SMILES string of the molecule is O=C(NCC(F)F)c1cnc2ccc(-c3c[nH]c4ncnc(N[C@H]5CC[C@H](N6CCOCC6)CC5)c34)cn12. The molecule has 200 valence electrons. The average Bonchev–Trinajstić information content (AvgIpc) is 3.57. The molecule has 0 bridgehead atoms. The fourth-order valence-electron chi connectivity index (χ4n) is 5.59. The number of anilines is 1. The van der Waals surface area contributed by atoms with Gasteiger partial charge >= 0.3 is 0 Å². The van der Waals surface area contributed by atoms with Gasteiger partial charge in [0.15, 0.2) is 0 Å². The number of hydrogen-bond donors (Lipinski definition) is 3. The number of carbonyl (C=O) groups excluding carboxylic acids is 1. The molecule has 4 aromatic rings. The largest absolute Gasteiger partial charge is 0.379 e. The Balaban J connectivity index is 1.24. The van der Waals surface area contributed by atoms with Crippen molar-refractivity contribution in [2.45, 2.75) is 44.2 Å². The highest BCUT2D eigenvalue weighted by Crippen LogP contribution is 2.34. The summed E-state index contributed by atoms with van der Waals surface area (Å²) in [7, 11) is 0. The maximum Gasteiger partial charge on any atom is 0.270 e. The van der Waals surface area contributed by atoms with E-state index in [9.17, 15) is 13.6 Å². The molecular weight excluding hydrogens is 494 g/mol. The van der Waals surface area contributed by atoms with Crippen molar-refractivity contribution in [3.63, 3.8) is 0 Å². The summed E-state index contributed by atoms with van der Waals surface area (Å²) in [6.07, 6.45) is 8.37. The van der Waals surface area contributed by atoms with E-state index >= 15 is 0 Å². The smallest absolute Gasteiger partial charge is 0.270 e. The second-order valence-electron chi connectivity index (χ2n) is 9.84. The highest BCUT2D eigenvalue weighted by atomic mass is 19.3. The van der Waals surface area contributed by atoms with Gasteiger partial charge in [0.1, 0.15) is 29.1 Å². The second-order valence-corrected chi connectivity index (χ2v) is 9.84. The zero-order valence-electron chi connectivity index (χ0n) is 20.9. The summed E-state index contributed by atoms with van der Waals surface area (Å²) < 4.78 is 32.3. The van der Waals surface area contributed by atoms with Crippen molar-refractivity contribution in [2.24, 2.45) is 0 Å². The number of aromatic nitrogens is 5. The molecule has 12 heteroatoms. The number of aromatic amines is 1. The van der Waals surface area contributed by atoms with Gasteiger partial charge < -0.3 is 20.4 Å². The number of nitrogens with one attached hydrogen (secondary N) is 3. The third-order valence-corrected chi connectivity index (χ3v) is 7.54. The lowest BCUT2D eigenvalue weighted by Gasteiger charge is -2.39. The second kappa shape index (κ2) is 10.6. The number of morpholine rings is 1. The number of amides is 1. The number of halogens is 2. The quantitative estimate of drug-likeness (QED) is 0.340. The Morgan fingerprint density at radius 2 is 1.95 bits per heavy atom. The maximum atomic E-state index is 12.6. The van der Waals surface area contributed by atoms with Crippen LogP contribution in [0.2, 0.25) is 0 Å². The Bertz CT molecular complexity index is 1420. The van der Waals surface area contributed by atoms with Crippen LogP contribution >= 0.6 is 0 Å². The predicted octanol–water partition coefficient (Wildman–Crippen LogP) is 3.32. The Labute approximate surface area is 217 Å². The van der Waals surface area contributed by atoms with Crippen molar-refractivity contribution >= 4 is 28.4 Å². The van der Waals surface area contributed by atoms with E-state index in [0.717, 1.165) is 74.3 Å². The molecule has 1 aliphatic heterocycles. The van der Waals surface area contributed by atoms with E-state index in [0.29, 0.717) is 23.4 Å². The summed E-state index contributed by atoms with van der Waals surface area (Å²) in [5.74, 6) is 0.161. The lowest BCUT2D eigenvalue weighted by atomic mass is 9.90. The fourth-order valence-corrected chi connectivity index (χ4v) is 5.59. The molecule has 2 aliphatic rings. The van der Waals surface area contributed by atoms with Crippen LogP contribution in [-0.4, -0.2) is 86.5 Å². The van der Waals surface area contributed by atoms with Crippen LogP contribution in [0, 0.1) is 0 Å². The first-order valence-corrected chi connectivity index (χ1v) is 13.0. The van der Waals surface area contributed by atoms with Crippen molar-refractivity contribution in [3.8, 4) is 11.1 Å². The van der Waals surface area contributed by atoms with E-state index in [1.807, 2.05) is 12.3 Å². The van der Waals surface area contributed by atoms with E-state index in [-0.39, 0.29) is 5.69 Å². The highest BCUT2D eigenvalue weighted by Gasteiger charge is 2.28. The van der Waals surface area contributed by atoms with Gasteiger partial charge in [0.2, 0.25) is 0 Å². The van der Waals surface area contributed by atoms with Crippen molar-refractivity contribution < 1.29 is 18.3 Å². The van der Waals surface area contributed by atoms with Crippen molar-refractivity contribution in [1.82, 2.24) is 34.6 Å². The first-order valence-electron chi connectivity index (χ1n) is 13.0. The van der Waals surface area contributed by atoms with Crippen molar-refractivity contribution in [3.05, 3.63) is 42.7 Å². The molecule has 1 aliphatic carbocycles. The van der Waals surface area contributed by atoms with E-state index in [2.05, 4.69) is 35.5 Å². The van der Waals surface area contributed by atoms with Gasteiger partial charge in [-0.2, -0.15) is 0 Å². The lowest BCUT2D eigenvalue weighted by Crippen LogP contribution is -2.46. The number of hydrogen-bond acceptors (Lipinski definition) is 7. The maximum absolute atomic E-state index is 12.6. The number of nitrogens with zero attached hydrogens (tertiary/aromatic N) is 5. The molecule has 1 saturated heterocycles. The van der Waals surface area contributed by atoms with Gasteiger partial charge in [0, 0.05) is 48.7 Å². The topological polar surface area (TPSA) is 112 Å².